The van der Waals surface area contributed by atoms with E-state index in [9.17, 15) is 0 Å². The zero-order chi connectivity index (χ0) is 44.6. The van der Waals surface area contributed by atoms with Crippen molar-refractivity contribution in [3.8, 4) is 33.4 Å². The van der Waals surface area contributed by atoms with Crippen LogP contribution in [0.5, 0.6) is 0 Å². The predicted molar refractivity (Wildman–Crippen MR) is 280 cm³/mol. The van der Waals surface area contributed by atoms with Crippen LogP contribution in [0.1, 0.15) is 48.6 Å². The highest BCUT2D eigenvalue weighted by molar-refractivity contribution is 6.10. The molecule has 0 aliphatic heterocycles. The van der Waals surface area contributed by atoms with Gasteiger partial charge in [-0.2, -0.15) is 0 Å². The molecule has 2 nitrogen and oxygen atoms in total. The van der Waals surface area contributed by atoms with Gasteiger partial charge in [-0.25, -0.2) is 0 Å². The van der Waals surface area contributed by atoms with Gasteiger partial charge in [-0.1, -0.05) is 188 Å². The SMILES string of the molecule is Cc1cccc2c1-c1ccc(N(c3ccc(-c4ccc5c6ccccc6n(C(C)(C)C)c5c4)cc3)c3ccc4ccccc4c3-c3ccccc3)cc1C2(c1ccccc1)c1ccccc1. The molecule has 1 aliphatic carbocycles. The lowest BCUT2D eigenvalue weighted by Crippen LogP contribution is -2.28. The Morgan fingerprint density at radius 2 is 1.02 bits per heavy atom. The number of benzene rings is 10. The molecule has 0 radical (unpaired) electrons. The van der Waals surface area contributed by atoms with Crippen LogP contribution in [0.4, 0.5) is 17.1 Å². The summed E-state index contributed by atoms with van der Waals surface area (Å²) in [4.78, 5) is 2.50. The standard InChI is InChI=1S/C64H50N2/c1-43-19-18-29-56-61(43)55-39-37-51(42-57(55)64(56,48-23-10-6-11-24-48)49-25-12-7-13-26-49)65(59-40-34-45-20-14-15-27-52(45)62(59)46-21-8-5-9-22-46)50-35-31-44(32-36-50)47-33-38-54-53-28-16-17-30-58(53)66(60(54)41-47)63(2,3)4/h5-42H,1-4H3. The number of aryl methyl sites for hydroxylation is 1. The first kappa shape index (κ1) is 39.6. The normalized spacial score (nSPS) is 13.0. The quantitative estimate of drug-likeness (QED) is 0.155. The van der Waals surface area contributed by atoms with Gasteiger partial charge in [-0.3, -0.25) is 0 Å². The average Bonchev–Trinajstić information content (AvgIpc) is 3.86. The van der Waals surface area contributed by atoms with Gasteiger partial charge >= 0.3 is 0 Å². The number of hydrogen-bond donors (Lipinski definition) is 0. The topological polar surface area (TPSA) is 8.17 Å². The van der Waals surface area contributed by atoms with Crippen molar-refractivity contribution in [3.63, 3.8) is 0 Å². The Morgan fingerprint density at radius 3 is 1.73 bits per heavy atom. The molecule has 0 amide bonds. The zero-order valence-electron chi connectivity index (χ0n) is 37.8. The van der Waals surface area contributed by atoms with Crippen LogP contribution in [0.25, 0.3) is 66.0 Å². The third-order valence-electron chi connectivity index (χ3n) is 14.0. The lowest BCUT2D eigenvalue weighted by Gasteiger charge is -2.35. The summed E-state index contributed by atoms with van der Waals surface area (Å²) in [5, 5.41) is 5.01. The van der Waals surface area contributed by atoms with E-state index in [1.807, 2.05) is 0 Å². The second-order valence-corrected chi connectivity index (χ2v) is 18.9. The third-order valence-corrected chi connectivity index (χ3v) is 14.0. The Hall–Kier alpha value is -7.94. The minimum absolute atomic E-state index is 0.0881. The molecule has 2 heteroatoms. The second-order valence-electron chi connectivity index (χ2n) is 18.9. The van der Waals surface area contributed by atoms with Crippen molar-refractivity contribution < 1.29 is 0 Å². The largest absolute Gasteiger partial charge is 0.335 e. The molecule has 0 saturated carbocycles. The van der Waals surface area contributed by atoms with E-state index in [1.54, 1.807) is 0 Å². The van der Waals surface area contributed by atoms with Gasteiger partial charge in [0.2, 0.25) is 0 Å². The number of anilines is 3. The maximum absolute atomic E-state index is 2.50. The smallest absolute Gasteiger partial charge is 0.0714 e. The van der Waals surface area contributed by atoms with E-state index in [0.717, 1.165) is 17.1 Å². The summed E-state index contributed by atoms with van der Waals surface area (Å²) in [5.74, 6) is 0. The molecule has 11 aromatic rings. The summed E-state index contributed by atoms with van der Waals surface area (Å²) in [6.45, 7) is 9.16. The van der Waals surface area contributed by atoms with Gasteiger partial charge in [0.1, 0.15) is 0 Å². The molecule has 10 aromatic carbocycles. The van der Waals surface area contributed by atoms with E-state index in [0.29, 0.717) is 0 Å². The van der Waals surface area contributed by atoms with E-state index < -0.39 is 5.41 Å². The number of rotatable bonds is 7. The maximum Gasteiger partial charge on any atom is 0.0714 e. The highest BCUT2D eigenvalue weighted by atomic mass is 15.1. The summed E-state index contributed by atoms with van der Waals surface area (Å²) in [5.41, 5.74) is 19.0. The predicted octanol–water partition coefficient (Wildman–Crippen LogP) is 17.2. The lowest BCUT2D eigenvalue weighted by molar-refractivity contribution is 0.423. The van der Waals surface area contributed by atoms with Crippen molar-refractivity contribution in [1.82, 2.24) is 4.57 Å². The minimum Gasteiger partial charge on any atom is -0.335 e. The first-order chi connectivity index (χ1) is 32.3. The lowest BCUT2D eigenvalue weighted by atomic mass is 9.67. The van der Waals surface area contributed by atoms with Crippen molar-refractivity contribution in [1.29, 1.82) is 0 Å². The first-order valence-corrected chi connectivity index (χ1v) is 23.2. The summed E-state index contributed by atoms with van der Waals surface area (Å²) in [6, 6.07) is 85.7. The number of nitrogens with zero attached hydrogens (tertiary/aromatic N) is 2. The minimum atomic E-state index is -0.537. The van der Waals surface area contributed by atoms with E-state index >= 15 is 0 Å². The molecule has 0 unspecified atom stereocenters. The fourth-order valence-corrected chi connectivity index (χ4v) is 11.3. The molecule has 1 heterocycles. The molecule has 0 saturated heterocycles. The summed E-state index contributed by atoms with van der Waals surface area (Å²) >= 11 is 0. The van der Waals surface area contributed by atoms with Crippen LogP contribution in [0.2, 0.25) is 0 Å². The Bertz CT molecular complexity index is 3570. The Kier molecular flexibility index (Phi) is 9.22. The number of hydrogen-bond acceptors (Lipinski definition) is 1. The third kappa shape index (κ3) is 6.09. The van der Waals surface area contributed by atoms with Crippen LogP contribution in [-0.2, 0) is 11.0 Å². The molecule has 0 atom stereocenters. The van der Waals surface area contributed by atoms with Crippen LogP contribution >= 0.6 is 0 Å². The molecular formula is C64H50N2. The fraction of sp³-hybridized carbons (Fsp3) is 0.0938. The van der Waals surface area contributed by atoms with E-state index in [-0.39, 0.29) is 5.54 Å². The Balaban J connectivity index is 1.10. The average molecular weight is 847 g/mol. The molecule has 316 valence electrons. The van der Waals surface area contributed by atoms with E-state index in [1.165, 1.54) is 93.8 Å². The second kappa shape index (κ2) is 15.4. The van der Waals surface area contributed by atoms with Crippen molar-refractivity contribution in [2.24, 2.45) is 0 Å². The van der Waals surface area contributed by atoms with Gasteiger partial charge in [0.05, 0.1) is 16.6 Å². The van der Waals surface area contributed by atoms with Crippen molar-refractivity contribution in [3.05, 3.63) is 258 Å². The van der Waals surface area contributed by atoms with Gasteiger partial charge in [0.25, 0.3) is 0 Å². The molecule has 0 N–H and O–H groups in total. The van der Waals surface area contributed by atoms with Gasteiger partial charge in [0, 0.05) is 38.8 Å². The highest BCUT2D eigenvalue weighted by Gasteiger charge is 2.47. The Labute approximate surface area is 387 Å². The molecule has 66 heavy (non-hydrogen) atoms. The van der Waals surface area contributed by atoms with Crippen molar-refractivity contribution in [2.45, 2.75) is 38.6 Å². The van der Waals surface area contributed by atoms with Gasteiger partial charge < -0.3 is 9.47 Å². The van der Waals surface area contributed by atoms with E-state index in [4.69, 9.17) is 0 Å². The summed E-state index contributed by atoms with van der Waals surface area (Å²) < 4.78 is 2.50. The number of aromatic nitrogens is 1. The Morgan fingerprint density at radius 1 is 0.409 bits per heavy atom. The molecule has 1 aliphatic rings. The van der Waals surface area contributed by atoms with Gasteiger partial charge in [-0.05, 0) is 137 Å². The zero-order valence-corrected chi connectivity index (χ0v) is 37.8. The van der Waals surface area contributed by atoms with Crippen LogP contribution in [0, 0.1) is 6.92 Å². The number of fused-ring (bicyclic) bond motifs is 7. The van der Waals surface area contributed by atoms with Crippen LogP contribution in [0.15, 0.2) is 231 Å². The van der Waals surface area contributed by atoms with Crippen molar-refractivity contribution >= 4 is 49.6 Å². The van der Waals surface area contributed by atoms with Gasteiger partial charge in [-0.15, -0.1) is 0 Å². The van der Waals surface area contributed by atoms with Crippen LogP contribution in [0.3, 0.4) is 0 Å². The monoisotopic (exact) mass is 846 g/mol. The van der Waals surface area contributed by atoms with E-state index in [2.05, 4.69) is 268 Å². The molecule has 0 spiro atoms. The van der Waals surface area contributed by atoms with Gasteiger partial charge in [0.15, 0.2) is 0 Å². The molecular weight excluding hydrogens is 797 g/mol. The molecule has 12 rings (SSSR count). The molecule has 0 bridgehead atoms. The highest BCUT2D eigenvalue weighted by Crippen LogP contribution is 2.58. The summed E-state index contributed by atoms with van der Waals surface area (Å²) in [7, 11) is 0. The maximum atomic E-state index is 2.50. The summed E-state index contributed by atoms with van der Waals surface area (Å²) in [6.07, 6.45) is 0. The fourth-order valence-electron chi connectivity index (χ4n) is 11.3. The molecule has 1 aromatic heterocycles. The first-order valence-electron chi connectivity index (χ1n) is 23.2. The molecule has 0 fully saturated rings. The van der Waals surface area contributed by atoms with Crippen LogP contribution < -0.4 is 4.90 Å². The van der Waals surface area contributed by atoms with Crippen LogP contribution in [-0.4, -0.2) is 4.57 Å². The number of para-hydroxylation sites is 1. The van der Waals surface area contributed by atoms with Crippen molar-refractivity contribution in [2.75, 3.05) is 4.90 Å².